The molecule has 3 aromatic rings. The van der Waals surface area contributed by atoms with Crippen molar-refractivity contribution >= 4 is 22.9 Å². The standard InChI is InChI=1S/C22H26N4O2S/c27-22(19-6-3-9-23-19)24-10-11-25-12-14-26(15-13-25)20-7-1-2-8-21(20)28-17-18-5-4-16-29-18/h1-9,16,23H,10-15,17H2,(H,24,27). The molecule has 2 aromatic heterocycles. The Morgan fingerprint density at radius 3 is 2.69 bits per heavy atom. The maximum atomic E-state index is 12.0. The van der Waals surface area contributed by atoms with Crippen LogP contribution in [0.3, 0.4) is 0 Å². The van der Waals surface area contributed by atoms with E-state index in [1.807, 2.05) is 18.2 Å². The zero-order chi connectivity index (χ0) is 19.9. The fourth-order valence-electron chi connectivity index (χ4n) is 3.49. The number of nitrogens with zero attached hydrogens (tertiary/aromatic N) is 2. The molecule has 1 aromatic carbocycles. The van der Waals surface area contributed by atoms with Crippen LogP contribution in [-0.4, -0.2) is 55.1 Å². The molecule has 0 aliphatic carbocycles. The fourth-order valence-corrected chi connectivity index (χ4v) is 4.11. The highest BCUT2D eigenvalue weighted by Gasteiger charge is 2.19. The highest BCUT2D eigenvalue weighted by Crippen LogP contribution is 2.29. The van der Waals surface area contributed by atoms with E-state index >= 15 is 0 Å². The summed E-state index contributed by atoms with van der Waals surface area (Å²) in [6.07, 6.45) is 1.76. The predicted molar refractivity (Wildman–Crippen MR) is 117 cm³/mol. The third-order valence-corrected chi connectivity index (χ3v) is 5.93. The van der Waals surface area contributed by atoms with Crippen molar-refractivity contribution in [1.29, 1.82) is 0 Å². The SMILES string of the molecule is O=C(NCCN1CCN(c2ccccc2OCc2cccs2)CC1)c1ccc[nH]1. The molecule has 29 heavy (non-hydrogen) atoms. The minimum atomic E-state index is -0.0505. The number of rotatable bonds is 8. The first-order chi connectivity index (χ1) is 14.3. The number of hydrogen-bond donors (Lipinski definition) is 2. The molecule has 3 heterocycles. The third-order valence-electron chi connectivity index (χ3n) is 5.08. The average Bonchev–Trinajstić information content (AvgIpc) is 3.47. The number of aromatic amines is 1. The lowest BCUT2D eigenvalue weighted by Gasteiger charge is -2.36. The summed E-state index contributed by atoms with van der Waals surface area (Å²) < 4.78 is 6.09. The Kier molecular flexibility index (Phi) is 6.49. The number of thiophene rings is 1. The Balaban J connectivity index is 1.24. The van der Waals surface area contributed by atoms with Gasteiger partial charge in [0, 0.05) is 50.3 Å². The summed E-state index contributed by atoms with van der Waals surface area (Å²) in [6.45, 7) is 5.95. The van der Waals surface area contributed by atoms with Crippen LogP contribution in [0, 0.1) is 0 Å². The van der Waals surface area contributed by atoms with Gasteiger partial charge in [-0.1, -0.05) is 18.2 Å². The van der Waals surface area contributed by atoms with Gasteiger partial charge in [0.1, 0.15) is 18.1 Å². The number of carbonyl (C=O) groups excluding carboxylic acids is 1. The number of nitrogens with one attached hydrogen (secondary N) is 2. The zero-order valence-corrected chi connectivity index (χ0v) is 17.2. The van der Waals surface area contributed by atoms with Gasteiger partial charge < -0.3 is 19.9 Å². The van der Waals surface area contributed by atoms with Crippen molar-refractivity contribution in [2.75, 3.05) is 44.2 Å². The van der Waals surface area contributed by atoms with Gasteiger partial charge in [0.05, 0.1) is 5.69 Å². The van der Waals surface area contributed by atoms with Gasteiger partial charge in [0.25, 0.3) is 5.91 Å². The summed E-state index contributed by atoms with van der Waals surface area (Å²) >= 11 is 1.72. The first kappa shape index (κ1) is 19.5. The van der Waals surface area contributed by atoms with Crippen LogP contribution >= 0.6 is 11.3 Å². The summed E-state index contributed by atoms with van der Waals surface area (Å²) in [5, 5.41) is 5.04. The van der Waals surface area contributed by atoms with Crippen LogP contribution in [0.25, 0.3) is 0 Å². The third kappa shape index (κ3) is 5.19. The van der Waals surface area contributed by atoms with Gasteiger partial charge in [0.15, 0.2) is 0 Å². The summed E-state index contributed by atoms with van der Waals surface area (Å²) in [4.78, 5) is 20.9. The van der Waals surface area contributed by atoms with Gasteiger partial charge in [0.2, 0.25) is 0 Å². The first-order valence-electron chi connectivity index (χ1n) is 9.93. The number of carbonyl (C=O) groups is 1. The van der Waals surface area contributed by atoms with Crippen molar-refractivity contribution in [2.45, 2.75) is 6.61 Å². The summed E-state index contributed by atoms with van der Waals surface area (Å²) in [5.74, 6) is 0.887. The highest BCUT2D eigenvalue weighted by atomic mass is 32.1. The van der Waals surface area contributed by atoms with Gasteiger partial charge in [-0.05, 0) is 35.7 Å². The molecule has 7 heteroatoms. The quantitative estimate of drug-likeness (QED) is 0.599. The van der Waals surface area contributed by atoms with Crippen LogP contribution in [-0.2, 0) is 6.61 Å². The molecule has 2 N–H and O–H groups in total. The predicted octanol–water partition coefficient (Wildman–Crippen LogP) is 3.21. The average molecular weight is 411 g/mol. The number of ether oxygens (including phenoxy) is 1. The van der Waals surface area contributed by atoms with Crippen LogP contribution in [0.1, 0.15) is 15.4 Å². The molecule has 0 saturated carbocycles. The molecule has 0 spiro atoms. The lowest BCUT2D eigenvalue weighted by molar-refractivity contribution is 0.0943. The molecule has 6 nitrogen and oxygen atoms in total. The molecule has 0 bridgehead atoms. The Hall–Kier alpha value is -2.77. The van der Waals surface area contributed by atoms with Gasteiger partial charge >= 0.3 is 0 Å². The number of amides is 1. The summed E-state index contributed by atoms with van der Waals surface area (Å²) in [6, 6.07) is 16.0. The normalized spacial score (nSPS) is 14.7. The van der Waals surface area contributed by atoms with E-state index in [0.29, 0.717) is 18.8 Å². The van der Waals surface area contributed by atoms with Crippen LogP contribution in [0.15, 0.2) is 60.1 Å². The maximum absolute atomic E-state index is 12.0. The van der Waals surface area contributed by atoms with E-state index in [4.69, 9.17) is 4.74 Å². The topological polar surface area (TPSA) is 60.6 Å². The van der Waals surface area contributed by atoms with Crippen molar-refractivity contribution < 1.29 is 9.53 Å². The van der Waals surface area contributed by atoms with Gasteiger partial charge in [-0.15, -0.1) is 11.3 Å². The van der Waals surface area contributed by atoms with Crippen molar-refractivity contribution in [1.82, 2.24) is 15.2 Å². The van der Waals surface area contributed by atoms with E-state index in [0.717, 1.165) is 44.2 Å². The largest absolute Gasteiger partial charge is 0.486 e. The monoisotopic (exact) mass is 410 g/mol. The van der Waals surface area contributed by atoms with Gasteiger partial charge in [-0.3, -0.25) is 9.69 Å². The molecule has 0 atom stereocenters. The van der Waals surface area contributed by atoms with E-state index in [1.54, 1.807) is 23.6 Å². The van der Waals surface area contributed by atoms with Crippen LogP contribution in [0.5, 0.6) is 5.75 Å². The number of benzene rings is 1. The number of anilines is 1. The van der Waals surface area contributed by atoms with Crippen molar-refractivity contribution in [3.63, 3.8) is 0 Å². The van der Waals surface area contributed by atoms with Crippen LogP contribution in [0.2, 0.25) is 0 Å². The second-order valence-corrected chi connectivity index (χ2v) is 8.04. The minimum absolute atomic E-state index is 0.0505. The van der Waals surface area contributed by atoms with Crippen molar-refractivity contribution in [2.24, 2.45) is 0 Å². The maximum Gasteiger partial charge on any atom is 0.267 e. The van der Waals surface area contributed by atoms with E-state index in [2.05, 4.69) is 49.7 Å². The Labute approximate surface area is 175 Å². The molecule has 0 radical (unpaired) electrons. The molecule has 1 fully saturated rings. The lowest BCUT2D eigenvalue weighted by atomic mass is 10.2. The van der Waals surface area contributed by atoms with E-state index in [1.165, 1.54) is 4.88 Å². The molecular formula is C22H26N4O2S. The van der Waals surface area contributed by atoms with Crippen molar-refractivity contribution in [3.05, 3.63) is 70.7 Å². The van der Waals surface area contributed by atoms with E-state index in [9.17, 15) is 4.79 Å². The van der Waals surface area contributed by atoms with Crippen LogP contribution < -0.4 is 15.0 Å². The molecule has 1 aliphatic rings. The second-order valence-electron chi connectivity index (χ2n) is 7.00. The number of hydrogen-bond acceptors (Lipinski definition) is 5. The number of H-pyrrole nitrogens is 1. The molecular weight excluding hydrogens is 384 g/mol. The smallest absolute Gasteiger partial charge is 0.267 e. The summed E-state index contributed by atoms with van der Waals surface area (Å²) in [7, 11) is 0. The molecule has 4 rings (SSSR count). The minimum Gasteiger partial charge on any atom is -0.486 e. The fraction of sp³-hybridized carbons (Fsp3) is 0.318. The highest BCUT2D eigenvalue weighted by molar-refractivity contribution is 7.09. The number of para-hydroxylation sites is 2. The molecule has 1 aliphatic heterocycles. The van der Waals surface area contributed by atoms with Crippen molar-refractivity contribution in [3.8, 4) is 5.75 Å². The van der Waals surface area contributed by atoms with Gasteiger partial charge in [-0.2, -0.15) is 0 Å². The summed E-state index contributed by atoms with van der Waals surface area (Å²) in [5.41, 5.74) is 1.76. The Morgan fingerprint density at radius 1 is 1.07 bits per heavy atom. The number of piperazine rings is 1. The Morgan fingerprint density at radius 2 is 1.93 bits per heavy atom. The van der Waals surface area contributed by atoms with Gasteiger partial charge in [-0.25, -0.2) is 0 Å². The molecule has 1 amide bonds. The Bertz CT molecular complexity index is 887. The second kappa shape index (κ2) is 9.62. The van der Waals surface area contributed by atoms with E-state index in [-0.39, 0.29) is 5.91 Å². The van der Waals surface area contributed by atoms with Crippen LogP contribution in [0.4, 0.5) is 5.69 Å². The lowest BCUT2D eigenvalue weighted by Crippen LogP contribution is -2.48. The zero-order valence-electron chi connectivity index (χ0n) is 16.3. The molecule has 1 saturated heterocycles. The number of aromatic nitrogens is 1. The van der Waals surface area contributed by atoms with E-state index < -0.39 is 0 Å². The molecule has 152 valence electrons. The first-order valence-corrected chi connectivity index (χ1v) is 10.8. The molecule has 0 unspecified atom stereocenters.